The van der Waals surface area contributed by atoms with E-state index in [0.717, 1.165) is 12.1 Å². The standard InChI is InChI=1S/C22H19F4N3O2/c1-31-18-4-2-3-14(19(18)23)11-29-10-9-16-17(12-29)27-20(28-21(16)30)13-5-7-15(8-6-13)22(24,25)26/h2-8H,9-12H2,1H3,(H,27,28,30). The lowest BCUT2D eigenvalue weighted by Crippen LogP contribution is -2.35. The Labute approximate surface area is 175 Å². The van der Waals surface area contributed by atoms with Gasteiger partial charge in [0.2, 0.25) is 0 Å². The number of methoxy groups -OCH3 is 1. The minimum absolute atomic E-state index is 0.161. The molecule has 0 fully saturated rings. The summed E-state index contributed by atoms with van der Waals surface area (Å²) in [5, 5.41) is 0. The maximum atomic E-state index is 14.5. The molecule has 31 heavy (non-hydrogen) atoms. The normalized spacial score (nSPS) is 14.4. The van der Waals surface area contributed by atoms with Crippen molar-refractivity contribution in [3.8, 4) is 17.1 Å². The summed E-state index contributed by atoms with van der Waals surface area (Å²) >= 11 is 0. The molecule has 0 amide bonds. The molecule has 1 aliphatic heterocycles. The van der Waals surface area contributed by atoms with E-state index in [-0.39, 0.29) is 17.1 Å². The number of hydrogen-bond donors (Lipinski definition) is 1. The number of nitrogens with zero attached hydrogens (tertiary/aromatic N) is 2. The summed E-state index contributed by atoms with van der Waals surface area (Å²) in [6, 6.07) is 9.38. The highest BCUT2D eigenvalue weighted by atomic mass is 19.4. The van der Waals surface area contributed by atoms with Crippen LogP contribution in [0, 0.1) is 5.82 Å². The molecule has 0 radical (unpaired) electrons. The van der Waals surface area contributed by atoms with Gasteiger partial charge in [0.1, 0.15) is 5.82 Å². The topological polar surface area (TPSA) is 58.2 Å². The summed E-state index contributed by atoms with van der Waals surface area (Å²) in [6.45, 7) is 1.18. The summed E-state index contributed by atoms with van der Waals surface area (Å²) in [5.41, 5.74) is 0.834. The first kappa shape index (κ1) is 21.0. The van der Waals surface area contributed by atoms with Crippen molar-refractivity contribution in [2.24, 2.45) is 0 Å². The Balaban J connectivity index is 1.59. The molecule has 0 atom stereocenters. The molecule has 1 aromatic heterocycles. The van der Waals surface area contributed by atoms with Crippen LogP contribution < -0.4 is 10.3 Å². The lowest BCUT2D eigenvalue weighted by molar-refractivity contribution is -0.137. The van der Waals surface area contributed by atoms with Gasteiger partial charge in [-0.1, -0.05) is 24.3 Å². The van der Waals surface area contributed by atoms with Crippen LogP contribution in [0.2, 0.25) is 0 Å². The second kappa shape index (κ2) is 8.14. The van der Waals surface area contributed by atoms with Crippen LogP contribution in [0.15, 0.2) is 47.3 Å². The van der Waals surface area contributed by atoms with Gasteiger partial charge in [-0.2, -0.15) is 13.2 Å². The van der Waals surface area contributed by atoms with E-state index in [4.69, 9.17) is 4.74 Å². The number of benzene rings is 2. The van der Waals surface area contributed by atoms with E-state index in [9.17, 15) is 22.4 Å². The fraction of sp³-hybridized carbons (Fsp3) is 0.273. The number of hydrogen-bond acceptors (Lipinski definition) is 4. The molecule has 4 rings (SSSR count). The van der Waals surface area contributed by atoms with Crippen LogP contribution in [0.1, 0.15) is 22.4 Å². The van der Waals surface area contributed by atoms with E-state index >= 15 is 0 Å². The largest absolute Gasteiger partial charge is 0.494 e. The first-order valence-corrected chi connectivity index (χ1v) is 9.59. The number of H-pyrrole nitrogens is 1. The zero-order valence-corrected chi connectivity index (χ0v) is 16.6. The number of halogens is 4. The Morgan fingerprint density at radius 3 is 2.58 bits per heavy atom. The van der Waals surface area contributed by atoms with Gasteiger partial charge in [0.15, 0.2) is 11.6 Å². The molecule has 2 aromatic carbocycles. The maximum absolute atomic E-state index is 14.5. The lowest BCUT2D eigenvalue weighted by Gasteiger charge is -2.28. The fourth-order valence-electron chi connectivity index (χ4n) is 3.66. The van der Waals surface area contributed by atoms with Crippen LogP contribution >= 0.6 is 0 Å². The molecular weight excluding hydrogens is 414 g/mol. The number of nitrogens with one attached hydrogen (secondary N) is 1. The van der Waals surface area contributed by atoms with Gasteiger partial charge in [0.25, 0.3) is 5.56 Å². The van der Waals surface area contributed by atoms with Gasteiger partial charge < -0.3 is 9.72 Å². The molecule has 0 bridgehead atoms. The molecule has 3 aromatic rings. The molecule has 0 unspecified atom stereocenters. The number of aromatic amines is 1. The van der Waals surface area contributed by atoms with Crippen molar-refractivity contribution >= 4 is 0 Å². The Morgan fingerprint density at radius 1 is 1.16 bits per heavy atom. The van der Waals surface area contributed by atoms with Crippen molar-refractivity contribution < 1.29 is 22.3 Å². The van der Waals surface area contributed by atoms with Crippen molar-refractivity contribution in [2.75, 3.05) is 13.7 Å². The van der Waals surface area contributed by atoms with Gasteiger partial charge in [0.05, 0.1) is 18.4 Å². The number of alkyl halides is 3. The number of ether oxygens (including phenoxy) is 1. The molecule has 5 nitrogen and oxygen atoms in total. The predicted octanol–water partition coefficient (Wildman–Crippen LogP) is 4.16. The highest BCUT2D eigenvalue weighted by Crippen LogP contribution is 2.30. The maximum Gasteiger partial charge on any atom is 0.416 e. The molecule has 9 heteroatoms. The summed E-state index contributed by atoms with van der Waals surface area (Å²) in [5.74, 6) is -0.0685. The van der Waals surface area contributed by atoms with Gasteiger partial charge in [0, 0.05) is 36.3 Å². The monoisotopic (exact) mass is 433 g/mol. The van der Waals surface area contributed by atoms with Crippen molar-refractivity contribution in [3.05, 3.63) is 81.0 Å². The molecule has 0 saturated carbocycles. The molecule has 2 heterocycles. The van der Waals surface area contributed by atoms with Gasteiger partial charge in [-0.25, -0.2) is 9.37 Å². The minimum atomic E-state index is -4.44. The van der Waals surface area contributed by atoms with E-state index < -0.39 is 17.6 Å². The molecular formula is C22H19F4N3O2. The van der Waals surface area contributed by atoms with E-state index in [1.807, 2.05) is 4.90 Å². The van der Waals surface area contributed by atoms with Crippen molar-refractivity contribution in [1.29, 1.82) is 0 Å². The molecule has 0 saturated heterocycles. The summed E-state index contributed by atoms with van der Waals surface area (Å²) < 4.78 is 57.9. The van der Waals surface area contributed by atoms with Crippen LogP contribution in [0.25, 0.3) is 11.4 Å². The first-order valence-electron chi connectivity index (χ1n) is 9.59. The van der Waals surface area contributed by atoms with Crippen LogP contribution in [0.4, 0.5) is 17.6 Å². The minimum Gasteiger partial charge on any atom is -0.494 e. The van der Waals surface area contributed by atoms with E-state index in [1.165, 1.54) is 19.2 Å². The van der Waals surface area contributed by atoms with Crippen LogP contribution in [0.3, 0.4) is 0 Å². The third-order valence-electron chi connectivity index (χ3n) is 5.30. The SMILES string of the molecule is COc1cccc(CN2CCc3c(nc(-c4ccc(C(F)(F)F)cc4)[nH]c3=O)C2)c1F. The molecule has 1 aliphatic rings. The summed E-state index contributed by atoms with van der Waals surface area (Å²) in [4.78, 5) is 21.6. The molecule has 0 spiro atoms. The summed E-state index contributed by atoms with van der Waals surface area (Å²) in [6.07, 6.45) is -4.00. The Bertz CT molecular complexity index is 1160. The Hall–Kier alpha value is -3.20. The number of fused-ring (bicyclic) bond motifs is 1. The predicted molar refractivity (Wildman–Crippen MR) is 106 cm³/mol. The van der Waals surface area contributed by atoms with E-state index in [1.54, 1.807) is 18.2 Å². The Morgan fingerprint density at radius 2 is 1.90 bits per heavy atom. The summed E-state index contributed by atoms with van der Waals surface area (Å²) in [7, 11) is 1.40. The average molecular weight is 433 g/mol. The zero-order valence-electron chi connectivity index (χ0n) is 16.6. The van der Waals surface area contributed by atoms with Crippen molar-refractivity contribution in [2.45, 2.75) is 25.7 Å². The fourth-order valence-corrected chi connectivity index (χ4v) is 3.66. The number of aromatic nitrogens is 2. The van der Waals surface area contributed by atoms with Gasteiger partial charge in [-0.3, -0.25) is 9.69 Å². The van der Waals surface area contributed by atoms with Crippen LogP contribution in [-0.4, -0.2) is 28.5 Å². The average Bonchev–Trinajstić information content (AvgIpc) is 2.74. The molecule has 162 valence electrons. The molecule has 1 N–H and O–H groups in total. The molecule has 0 aliphatic carbocycles. The van der Waals surface area contributed by atoms with Crippen LogP contribution in [0.5, 0.6) is 5.75 Å². The smallest absolute Gasteiger partial charge is 0.416 e. The second-order valence-electron chi connectivity index (χ2n) is 7.31. The Kier molecular flexibility index (Phi) is 5.53. The third kappa shape index (κ3) is 4.32. The van der Waals surface area contributed by atoms with Crippen molar-refractivity contribution in [3.63, 3.8) is 0 Å². The number of rotatable bonds is 4. The highest BCUT2D eigenvalue weighted by molar-refractivity contribution is 5.56. The zero-order chi connectivity index (χ0) is 22.2. The third-order valence-corrected chi connectivity index (χ3v) is 5.30. The van der Waals surface area contributed by atoms with Crippen LogP contribution in [-0.2, 0) is 25.7 Å². The highest BCUT2D eigenvalue weighted by Gasteiger charge is 2.30. The quantitative estimate of drug-likeness (QED) is 0.628. The van der Waals surface area contributed by atoms with Gasteiger partial charge in [-0.05, 0) is 24.6 Å². The van der Waals surface area contributed by atoms with E-state index in [2.05, 4.69) is 9.97 Å². The second-order valence-corrected chi connectivity index (χ2v) is 7.31. The lowest BCUT2D eigenvalue weighted by atomic mass is 10.0. The van der Waals surface area contributed by atoms with Gasteiger partial charge in [-0.15, -0.1) is 0 Å². The first-order chi connectivity index (χ1) is 14.8. The van der Waals surface area contributed by atoms with Gasteiger partial charge >= 0.3 is 6.18 Å². The van der Waals surface area contributed by atoms with Crippen molar-refractivity contribution in [1.82, 2.24) is 14.9 Å². The van der Waals surface area contributed by atoms with E-state index in [0.29, 0.717) is 48.4 Å².